The molecule has 2 N–H and O–H groups in total. The van der Waals surface area contributed by atoms with Gasteiger partial charge in [0.2, 0.25) is 5.91 Å². The summed E-state index contributed by atoms with van der Waals surface area (Å²) < 4.78 is 34.6. The highest BCUT2D eigenvalue weighted by Gasteiger charge is 2.18. The summed E-state index contributed by atoms with van der Waals surface area (Å²) >= 11 is 0. The maximum atomic E-state index is 12.7. The minimum atomic E-state index is -3.80. The van der Waals surface area contributed by atoms with Crippen molar-refractivity contribution in [3.63, 3.8) is 0 Å². The van der Waals surface area contributed by atoms with E-state index in [1.54, 1.807) is 36.4 Å². The predicted octanol–water partition coefficient (Wildman–Crippen LogP) is 2.87. The standard InChI is InChI=1S/C22H24N4O5S/c27-21(12-14-26-18-9-3-4-10-19(18)31-22(26)28)24-16-7-6-8-17(15-16)32(29,30)25-20-11-2-1-5-13-23-20/h3-4,6-10,15H,1-2,5,11-14H2,(H,23,25)(H,24,27). The summed E-state index contributed by atoms with van der Waals surface area (Å²) in [7, 11) is -3.80. The van der Waals surface area contributed by atoms with Gasteiger partial charge in [0.1, 0.15) is 5.84 Å². The molecule has 4 rings (SSSR count). The Kier molecular flexibility index (Phi) is 6.40. The Hall–Kier alpha value is -3.40. The van der Waals surface area contributed by atoms with Gasteiger partial charge in [-0.1, -0.05) is 24.6 Å². The van der Waals surface area contributed by atoms with E-state index in [0.717, 1.165) is 19.3 Å². The van der Waals surface area contributed by atoms with Gasteiger partial charge in [0.15, 0.2) is 5.58 Å². The number of oxazole rings is 1. The molecule has 0 atom stereocenters. The van der Waals surface area contributed by atoms with Crippen molar-refractivity contribution in [3.8, 4) is 0 Å². The first-order valence-corrected chi connectivity index (χ1v) is 12.0. The molecule has 10 heteroatoms. The number of carbonyl (C=O) groups excluding carboxylic acids is 1. The first-order chi connectivity index (χ1) is 15.4. The third-order valence-corrected chi connectivity index (χ3v) is 6.57. The quantitative estimate of drug-likeness (QED) is 0.590. The third kappa shape index (κ3) is 5.08. The molecule has 0 saturated carbocycles. The second kappa shape index (κ2) is 9.39. The predicted molar refractivity (Wildman–Crippen MR) is 121 cm³/mol. The van der Waals surface area contributed by atoms with Crippen LogP contribution in [0.25, 0.3) is 11.1 Å². The number of nitrogens with one attached hydrogen (secondary N) is 2. The van der Waals surface area contributed by atoms with Crippen molar-refractivity contribution in [1.82, 2.24) is 9.29 Å². The molecule has 168 valence electrons. The number of aliphatic imine (C=N–C) groups is 1. The van der Waals surface area contributed by atoms with Crippen molar-refractivity contribution in [3.05, 3.63) is 59.1 Å². The van der Waals surface area contributed by atoms with E-state index in [4.69, 9.17) is 4.42 Å². The summed E-state index contributed by atoms with van der Waals surface area (Å²) in [5.74, 6) is -0.410. The molecule has 3 aromatic rings. The highest BCUT2D eigenvalue weighted by Crippen LogP contribution is 2.17. The average molecular weight is 457 g/mol. The lowest BCUT2D eigenvalue weighted by atomic mass is 10.2. The largest absolute Gasteiger partial charge is 0.419 e. The molecule has 9 nitrogen and oxygen atoms in total. The average Bonchev–Trinajstić information content (AvgIpc) is 2.90. The molecule has 1 aliphatic heterocycles. The van der Waals surface area contributed by atoms with Gasteiger partial charge in [-0.15, -0.1) is 0 Å². The molecule has 0 unspecified atom stereocenters. The fourth-order valence-corrected chi connectivity index (χ4v) is 4.71. The highest BCUT2D eigenvalue weighted by atomic mass is 32.2. The van der Waals surface area contributed by atoms with Crippen molar-refractivity contribution < 1.29 is 17.6 Å². The molecule has 1 amide bonds. The molecular weight excluding hydrogens is 432 g/mol. The lowest BCUT2D eigenvalue weighted by molar-refractivity contribution is -0.116. The number of amidine groups is 1. The number of aromatic nitrogens is 1. The molecule has 0 saturated heterocycles. The SMILES string of the molecule is O=C(CCn1c(=O)oc2ccccc21)Nc1cccc(S(=O)(=O)NC2=NCCCCC2)c1. The lowest BCUT2D eigenvalue weighted by Crippen LogP contribution is -2.30. The van der Waals surface area contributed by atoms with Gasteiger partial charge in [0, 0.05) is 31.6 Å². The molecule has 0 spiro atoms. The molecule has 2 heterocycles. The number of carbonyl (C=O) groups is 1. The van der Waals surface area contributed by atoms with Crippen LogP contribution in [0.5, 0.6) is 0 Å². The second-order valence-corrected chi connectivity index (χ2v) is 9.24. The van der Waals surface area contributed by atoms with Crippen LogP contribution < -0.4 is 15.8 Å². The first kappa shape index (κ1) is 21.8. The van der Waals surface area contributed by atoms with Gasteiger partial charge >= 0.3 is 5.76 Å². The number of fused-ring (bicyclic) bond motifs is 1. The fourth-order valence-electron chi connectivity index (χ4n) is 3.57. The number of anilines is 1. The Morgan fingerprint density at radius 1 is 1.09 bits per heavy atom. The van der Waals surface area contributed by atoms with Crippen LogP contribution in [0.15, 0.2) is 67.6 Å². The molecule has 1 aromatic heterocycles. The van der Waals surface area contributed by atoms with Crippen LogP contribution in [0.1, 0.15) is 32.1 Å². The van der Waals surface area contributed by atoms with E-state index in [1.165, 1.54) is 16.7 Å². The van der Waals surface area contributed by atoms with Crippen LogP contribution in [0.4, 0.5) is 5.69 Å². The lowest BCUT2D eigenvalue weighted by Gasteiger charge is -2.11. The zero-order valence-electron chi connectivity index (χ0n) is 17.4. The summed E-state index contributed by atoms with van der Waals surface area (Å²) in [6, 6.07) is 13.0. The van der Waals surface area contributed by atoms with Gasteiger partial charge in [0.05, 0.1) is 10.4 Å². The van der Waals surface area contributed by atoms with E-state index in [9.17, 15) is 18.0 Å². The molecule has 32 heavy (non-hydrogen) atoms. The van der Waals surface area contributed by atoms with Crippen molar-refractivity contribution in [2.24, 2.45) is 4.99 Å². The topological polar surface area (TPSA) is 123 Å². The summed E-state index contributed by atoms with van der Waals surface area (Å²) in [6.07, 6.45) is 3.49. The van der Waals surface area contributed by atoms with E-state index in [-0.39, 0.29) is 23.8 Å². The molecule has 2 aromatic carbocycles. The highest BCUT2D eigenvalue weighted by molar-refractivity contribution is 7.90. The van der Waals surface area contributed by atoms with Crippen molar-refractivity contribution in [2.45, 2.75) is 43.5 Å². The summed E-state index contributed by atoms with van der Waals surface area (Å²) in [5, 5.41) is 2.69. The number of sulfonamides is 1. The summed E-state index contributed by atoms with van der Waals surface area (Å²) in [4.78, 5) is 28.8. The van der Waals surface area contributed by atoms with E-state index in [2.05, 4.69) is 15.0 Å². The Labute approximate surface area is 185 Å². The van der Waals surface area contributed by atoms with Crippen LogP contribution in [0, 0.1) is 0 Å². The van der Waals surface area contributed by atoms with E-state index >= 15 is 0 Å². The molecule has 1 aliphatic rings. The van der Waals surface area contributed by atoms with Crippen LogP contribution >= 0.6 is 0 Å². The number of rotatable bonds is 6. The fraction of sp³-hybridized carbons (Fsp3) is 0.318. The summed E-state index contributed by atoms with van der Waals surface area (Å²) in [6.45, 7) is 0.754. The Bertz CT molecular complexity index is 1320. The Morgan fingerprint density at radius 3 is 2.81 bits per heavy atom. The Morgan fingerprint density at radius 2 is 1.94 bits per heavy atom. The first-order valence-electron chi connectivity index (χ1n) is 10.5. The van der Waals surface area contributed by atoms with Crippen LogP contribution in [-0.2, 0) is 21.4 Å². The van der Waals surface area contributed by atoms with E-state index in [0.29, 0.717) is 35.6 Å². The minimum absolute atomic E-state index is 0.0233. The molecule has 0 bridgehead atoms. The number of para-hydroxylation sites is 2. The van der Waals surface area contributed by atoms with Crippen LogP contribution in [-0.4, -0.2) is 31.3 Å². The van der Waals surface area contributed by atoms with Gasteiger partial charge in [-0.05, 0) is 43.2 Å². The molecule has 0 fully saturated rings. The van der Waals surface area contributed by atoms with Gasteiger partial charge in [0.25, 0.3) is 10.0 Å². The van der Waals surface area contributed by atoms with Crippen molar-refractivity contribution in [2.75, 3.05) is 11.9 Å². The normalized spacial score (nSPS) is 14.6. The zero-order chi connectivity index (χ0) is 22.6. The number of nitrogens with zero attached hydrogens (tertiary/aromatic N) is 2. The molecule has 0 aliphatic carbocycles. The van der Waals surface area contributed by atoms with E-state index in [1.807, 2.05) is 0 Å². The van der Waals surface area contributed by atoms with E-state index < -0.39 is 15.8 Å². The maximum absolute atomic E-state index is 12.7. The number of hydrogen-bond donors (Lipinski definition) is 2. The monoisotopic (exact) mass is 456 g/mol. The van der Waals surface area contributed by atoms with Gasteiger partial charge < -0.3 is 9.73 Å². The number of amides is 1. The number of hydrogen-bond acceptors (Lipinski definition) is 6. The van der Waals surface area contributed by atoms with Gasteiger partial charge in [-0.2, -0.15) is 0 Å². The summed E-state index contributed by atoms with van der Waals surface area (Å²) in [5.41, 5.74) is 1.43. The second-order valence-electron chi connectivity index (χ2n) is 7.56. The van der Waals surface area contributed by atoms with Crippen molar-refractivity contribution in [1.29, 1.82) is 0 Å². The molecule has 0 radical (unpaired) electrons. The number of aryl methyl sites for hydroxylation is 1. The van der Waals surface area contributed by atoms with Crippen molar-refractivity contribution >= 4 is 38.6 Å². The van der Waals surface area contributed by atoms with Gasteiger partial charge in [-0.3, -0.25) is 19.1 Å². The third-order valence-electron chi connectivity index (χ3n) is 5.19. The molecular formula is C22H24N4O5S. The van der Waals surface area contributed by atoms with Gasteiger partial charge in [-0.25, -0.2) is 13.2 Å². The smallest absolute Gasteiger partial charge is 0.408 e. The Balaban J connectivity index is 1.42. The minimum Gasteiger partial charge on any atom is -0.408 e. The van der Waals surface area contributed by atoms with Crippen LogP contribution in [0.2, 0.25) is 0 Å². The van der Waals surface area contributed by atoms with Crippen LogP contribution in [0.3, 0.4) is 0 Å². The maximum Gasteiger partial charge on any atom is 0.419 e. The zero-order valence-corrected chi connectivity index (χ0v) is 18.2. The number of benzene rings is 2.